The quantitative estimate of drug-likeness (QED) is 0.0117. The number of hydrogen-bond acceptors (Lipinski definition) is 15. The highest BCUT2D eigenvalue weighted by molar-refractivity contribution is 6.00. The van der Waals surface area contributed by atoms with Gasteiger partial charge in [-0.25, -0.2) is 0 Å². The van der Waals surface area contributed by atoms with Crippen molar-refractivity contribution < 1.29 is 53.1 Å². The van der Waals surface area contributed by atoms with Gasteiger partial charge in [-0.1, -0.05) is 56.7 Å². The molecule has 466 valence electrons. The summed E-state index contributed by atoms with van der Waals surface area (Å²) in [5, 5.41) is 32.2. The minimum absolute atomic E-state index is 0.0278. The number of carbonyl (C=O) groups is 10. The number of aromatic nitrogens is 2. The number of primary amides is 2. The van der Waals surface area contributed by atoms with Crippen LogP contribution in [-0.4, -0.2) is 161 Å². The van der Waals surface area contributed by atoms with Crippen LogP contribution in [0.4, 0.5) is 0 Å². The highest BCUT2D eigenvalue weighted by Crippen LogP contribution is 2.21. The second-order valence-electron chi connectivity index (χ2n) is 21.3. The van der Waals surface area contributed by atoms with Crippen molar-refractivity contribution in [1.29, 1.82) is 0 Å². The molecule has 85 heavy (non-hydrogen) atoms. The molecule has 0 saturated carbocycles. The first-order valence-corrected chi connectivity index (χ1v) is 28.4. The van der Waals surface area contributed by atoms with Crippen molar-refractivity contribution >= 4 is 86.8 Å². The van der Waals surface area contributed by atoms with Crippen molar-refractivity contribution in [1.82, 2.24) is 52.5 Å². The van der Waals surface area contributed by atoms with E-state index in [-0.39, 0.29) is 76.3 Å². The standard InChI is InChI=1S/C56H86N18O11/c1-30(2)23-41(52(82)74-45(29-75)55(85)68-39(47(61)77)19-12-22-64-56(62)63)70-48(78)31(3)67-51(81)42(24-32-27-65-37-16-6-4-13-34(32)37)72-50(80)40(18-9-11-21-58)69-54(84)44(26-46(60)76)73-53(83)43(71-49(79)36(59)15-8-10-20-57)25-33-28-66-38-17-7-5-14-35(33)38/h4-7,13-14,16-17,27-28,30-31,36,39-45,65-66,75H,8-12,15,18-26,29,57-59H2,1-3H3,(H2,60,76)(H2,61,77)(H,67,81)(H,68,85)(H,69,84)(H,70,78)(H,71,79)(H,72,80)(H,73,83)(H,74,82)(H4,62,63,64)/t31-,36-,39-,40-,41-,42-,43-,44-,45-/m0/s1. The van der Waals surface area contributed by atoms with Gasteiger partial charge in [0.2, 0.25) is 59.1 Å². The number of aliphatic hydroxyl groups excluding tert-OH is 1. The molecule has 0 spiro atoms. The fraction of sp³-hybridized carbons (Fsp3) is 0.518. The average molecular weight is 1190 g/mol. The number of carbonyl (C=O) groups excluding carboxylic acids is 10. The minimum Gasteiger partial charge on any atom is -0.394 e. The predicted octanol–water partition coefficient (Wildman–Crippen LogP) is -3.63. The molecule has 29 nitrogen and oxygen atoms in total. The van der Waals surface area contributed by atoms with E-state index in [0.717, 1.165) is 10.9 Å². The number of aliphatic hydroxyl groups is 1. The average Bonchev–Trinajstić information content (AvgIpc) is 3.99. The zero-order valence-corrected chi connectivity index (χ0v) is 48.4. The van der Waals surface area contributed by atoms with Gasteiger partial charge >= 0.3 is 0 Å². The van der Waals surface area contributed by atoms with Crippen LogP contribution in [0.5, 0.6) is 0 Å². The number of nitrogens with one attached hydrogen (secondary N) is 10. The Morgan fingerprint density at radius 2 is 0.941 bits per heavy atom. The molecule has 2 aromatic carbocycles. The van der Waals surface area contributed by atoms with Crippen LogP contribution < -0.4 is 82.7 Å². The molecule has 4 aromatic rings. The summed E-state index contributed by atoms with van der Waals surface area (Å²) in [6, 6.07) is 2.08. The molecular weight excluding hydrogens is 1100 g/mol. The van der Waals surface area contributed by atoms with E-state index in [1.165, 1.54) is 6.92 Å². The van der Waals surface area contributed by atoms with Crippen LogP contribution >= 0.6 is 0 Å². The van der Waals surface area contributed by atoms with E-state index in [4.69, 9.17) is 40.1 Å². The summed E-state index contributed by atoms with van der Waals surface area (Å²) >= 11 is 0. The largest absolute Gasteiger partial charge is 0.394 e. The number of nitrogens with two attached hydrogens (primary N) is 7. The van der Waals surface area contributed by atoms with Crippen molar-refractivity contribution in [2.75, 3.05) is 26.2 Å². The maximum Gasteiger partial charge on any atom is 0.245 e. The zero-order valence-electron chi connectivity index (χ0n) is 48.4. The summed E-state index contributed by atoms with van der Waals surface area (Å²) in [5.74, 6) is -9.21. The van der Waals surface area contributed by atoms with E-state index < -0.39 is 126 Å². The number of aliphatic imine (C=N–C) groups is 1. The number of nitrogens with zero attached hydrogens (tertiary/aromatic N) is 1. The maximum absolute atomic E-state index is 14.6. The van der Waals surface area contributed by atoms with Crippen LogP contribution in [0.2, 0.25) is 0 Å². The second-order valence-corrected chi connectivity index (χ2v) is 21.3. The monoisotopic (exact) mass is 1190 g/mol. The number of rotatable bonds is 38. The number of guanidine groups is 1. The Morgan fingerprint density at radius 1 is 0.506 bits per heavy atom. The lowest BCUT2D eigenvalue weighted by atomic mass is 10.0. The highest BCUT2D eigenvalue weighted by atomic mass is 16.3. The first-order valence-electron chi connectivity index (χ1n) is 28.4. The number of amides is 10. The number of H-pyrrole nitrogens is 2. The molecule has 0 saturated heterocycles. The van der Waals surface area contributed by atoms with Gasteiger partial charge in [-0.15, -0.1) is 0 Å². The van der Waals surface area contributed by atoms with E-state index in [2.05, 4.69) is 57.5 Å². The third kappa shape index (κ3) is 22.4. The number of aromatic amines is 2. The molecule has 0 aliphatic heterocycles. The Bertz CT molecular complexity index is 2940. The van der Waals surface area contributed by atoms with Gasteiger partial charge < -0.3 is 97.7 Å². The van der Waals surface area contributed by atoms with Crippen LogP contribution in [0.1, 0.15) is 96.1 Å². The third-order valence-electron chi connectivity index (χ3n) is 13.9. The second kappa shape index (κ2) is 34.8. The van der Waals surface area contributed by atoms with Gasteiger partial charge in [0, 0.05) is 53.6 Å². The predicted molar refractivity (Wildman–Crippen MR) is 318 cm³/mol. The van der Waals surface area contributed by atoms with Crippen molar-refractivity contribution in [3.05, 3.63) is 72.1 Å². The summed E-state index contributed by atoms with van der Waals surface area (Å²) in [4.78, 5) is 147. The van der Waals surface area contributed by atoms with Crippen LogP contribution in [0.15, 0.2) is 65.9 Å². The normalized spacial score (nSPS) is 14.4. The Hall–Kier alpha value is -8.67. The Labute approximate surface area is 492 Å². The van der Waals surface area contributed by atoms with Gasteiger partial charge in [0.05, 0.1) is 19.1 Å². The number of benzene rings is 2. The first kappa shape index (κ1) is 68.8. The summed E-state index contributed by atoms with van der Waals surface area (Å²) in [6.45, 7) is 4.70. The molecule has 0 fully saturated rings. The Morgan fingerprint density at radius 3 is 1.47 bits per heavy atom. The van der Waals surface area contributed by atoms with Crippen molar-refractivity contribution in [3.63, 3.8) is 0 Å². The van der Waals surface area contributed by atoms with Gasteiger partial charge in [0.1, 0.15) is 48.3 Å². The Balaban J connectivity index is 1.57. The number of fused-ring (bicyclic) bond motifs is 2. The topological polar surface area (TPSA) is 513 Å². The number of hydrogen-bond donors (Lipinski definition) is 18. The molecule has 29 heteroatoms. The third-order valence-corrected chi connectivity index (χ3v) is 13.9. The summed E-state index contributed by atoms with van der Waals surface area (Å²) in [7, 11) is 0. The lowest BCUT2D eigenvalue weighted by Gasteiger charge is -2.27. The lowest BCUT2D eigenvalue weighted by molar-refractivity contribution is -0.136. The van der Waals surface area contributed by atoms with E-state index in [1.54, 1.807) is 56.6 Å². The smallest absolute Gasteiger partial charge is 0.245 e. The van der Waals surface area contributed by atoms with Gasteiger partial charge in [-0.2, -0.15) is 0 Å². The molecule has 9 atom stereocenters. The van der Waals surface area contributed by atoms with Crippen LogP contribution in [0.25, 0.3) is 21.8 Å². The molecule has 0 bridgehead atoms. The lowest BCUT2D eigenvalue weighted by Crippen LogP contribution is -2.61. The van der Waals surface area contributed by atoms with Gasteiger partial charge in [0.15, 0.2) is 5.96 Å². The fourth-order valence-electron chi connectivity index (χ4n) is 9.27. The first-order chi connectivity index (χ1) is 40.5. The summed E-state index contributed by atoms with van der Waals surface area (Å²) in [6.07, 6.45) is 4.75. The molecular formula is C56H86N18O11. The van der Waals surface area contributed by atoms with Crippen LogP contribution in [0, 0.1) is 5.92 Å². The molecule has 10 amide bonds. The molecule has 2 aromatic heterocycles. The zero-order chi connectivity index (χ0) is 62.8. The Kier molecular flexibility index (Phi) is 28.2. The van der Waals surface area contributed by atoms with E-state index >= 15 is 0 Å². The van der Waals surface area contributed by atoms with E-state index in [1.807, 2.05) is 18.2 Å². The molecule has 0 aliphatic rings. The van der Waals surface area contributed by atoms with E-state index in [9.17, 15) is 53.1 Å². The number of para-hydroxylation sites is 2. The molecule has 25 N–H and O–H groups in total. The molecule has 2 heterocycles. The van der Waals surface area contributed by atoms with Crippen LogP contribution in [0.3, 0.4) is 0 Å². The molecule has 0 aliphatic carbocycles. The van der Waals surface area contributed by atoms with Gasteiger partial charge in [0.25, 0.3) is 0 Å². The van der Waals surface area contributed by atoms with Gasteiger partial charge in [-0.3, -0.25) is 52.9 Å². The maximum atomic E-state index is 14.6. The van der Waals surface area contributed by atoms with Crippen LogP contribution in [-0.2, 0) is 60.8 Å². The fourth-order valence-corrected chi connectivity index (χ4v) is 9.27. The summed E-state index contributed by atoms with van der Waals surface area (Å²) in [5.41, 5.74) is 42.2. The van der Waals surface area contributed by atoms with E-state index in [0.29, 0.717) is 47.8 Å². The van der Waals surface area contributed by atoms with Crippen molar-refractivity contribution in [2.45, 2.75) is 152 Å². The summed E-state index contributed by atoms with van der Waals surface area (Å²) < 4.78 is 0. The SMILES string of the molecule is CC(C)C[C@H](NC(=O)[C@H](C)NC(=O)[C@H](Cc1c[nH]c2ccccc12)NC(=O)[C@H](CCCCN)NC(=O)[C@H](CC(N)=O)NC(=O)[C@H](Cc1c[nH]c2ccccc12)NC(=O)[C@@H](N)CCCCN)C(=O)N[C@@H](CO)C(=O)N[C@@H](CCCN=C(N)N)C(N)=O. The van der Waals surface area contributed by atoms with Crippen molar-refractivity contribution in [2.24, 2.45) is 51.0 Å². The van der Waals surface area contributed by atoms with Gasteiger partial charge in [-0.05, 0) is 101 Å². The minimum atomic E-state index is -1.68. The highest BCUT2D eigenvalue weighted by Gasteiger charge is 2.35. The molecule has 4 rings (SSSR count). The number of unbranched alkanes of at least 4 members (excludes halogenated alkanes) is 2. The molecule has 0 unspecified atom stereocenters. The molecule has 0 radical (unpaired) electrons. The van der Waals surface area contributed by atoms with Crippen molar-refractivity contribution in [3.8, 4) is 0 Å².